The van der Waals surface area contributed by atoms with Crippen LogP contribution in [0.25, 0.3) is 0 Å². The van der Waals surface area contributed by atoms with Gasteiger partial charge in [-0.25, -0.2) is 4.98 Å². The van der Waals surface area contributed by atoms with E-state index in [2.05, 4.69) is 22.5 Å². The highest BCUT2D eigenvalue weighted by Gasteiger charge is 2.11. The number of ether oxygens (including phenoxy) is 1. The fourth-order valence-electron chi connectivity index (χ4n) is 2.17. The van der Waals surface area contributed by atoms with Crippen molar-refractivity contribution in [3.63, 3.8) is 0 Å². The molecule has 22 heavy (non-hydrogen) atoms. The standard InChI is InChI=1S/C17H21N3OS/c1-4-15(13-5-7-14(21-3)8-6-13)19-17(22)20-16-11-12(2)9-10-18-16/h5-11,15H,4H2,1-3H3,(H2,18,19,20,22). The molecule has 1 aromatic carbocycles. The van der Waals surface area contributed by atoms with Gasteiger partial charge >= 0.3 is 0 Å². The van der Waals surface area contributed by atoms with Crippen LogP contribution in [0.3, 0.4) is 0 Å². The average molecular weight is 315 g/mol. The molecule has 0 aliphatic carbocycles. The minimum absolute atomic E-state index is 0.149. The maximum atomic E-state index is 5.38. The van der Waals surface area contributed by atoms with E-state index < -0.39 is 0 Å². The molecule has 0 fully saturated rings. The molecule has 116 valence electrons. The smallest absolute Gasteiger partial charge is 0.172 e. The average Bonchev–Trinajstić information content (AvgIpc) is 2.53. The van der Waals surface area contributed by atoms with E-state index in [9.17, 15) is 0 Å². The zero-order chi connectivity index (χ0) is 15.9. The molecule has 2 N–H and O–H groups in total. The molecule has 5 heteroatoms. The fourth-order valence-corrected chi connectivity index (χ4v) is 2.42. The second kappa shape index (κ2) is 7.75. The van der Waals surface area contributed by atoms with Crippen LogP contribution in [0.4, 0.5) is 5.82 Å². The quantitative estimate of drug-likeness (QED) is 0.821. The summed E-state index contributed by atoms with van der Waals surface area (Å²) in [6.07, 6.45) is 2.69. The van der Waals surface area contributed by atoms with Gasteiger partial charge in [0.05, 0.1) is 13.2 Å². The van der Waals surface area contributed by atoms with Crippen LogP contribution >= 0.6 is 12.2 Å². The van der Waals surface area contributed by atoms with Crippen molar-refractivity contribution in [3.8, 4) is 5.75 Å². The van der Waals surface area contributed by atoms with Crippen molar-refractivity contribution >= 4 is 23.1 Å². The maximum absolute atomic E-state index is 5.38. The molecular weight excluding hydrogens is 294 g/mol. The largest absolute Gasteiger partial charge is 0.497 e. The van der Waals surface area contributed by atoms with Crippen molar-refractivity contribution in [1.82, 2.24) is 10.3 Å². The first kappa shape index (κ1) is 16.2. The Hall–Kier alpha value is -2.14. The summed E-state index contributed by atoms with van der Waals surface area (Å²) in [5, 5.41) is 7.02. The van der Waals surface area contributed by atoms with Gasteiger partial charge in [-0.2, -0.15) is 0 Å². The van der Waals surface area contributed by atoms with E-state index in [1.165, 1.54) is 5.56 Å². The van der Waals surface area contributed by atoms with Crippen LogP contribution in [-0.2, 0) is 0 Å². The third kappa shape index (κ3) is 4.43. The van der Waals surface area contributed by atoms with Gasteiger partial charge in [0.2, 0.25) is 0 Å². The van der Waals surface area contributed by atoms with Gasteiger partial charge in [-0.15, -0.1) is 0 Å². The molecule has 0 saturated heterocycles. The SMILES string of the molecule is CCC(NC(=S)Nc1cc(C)ccn1)c1ccc(OC)cc1. The molecule has 2 aromatic rings. The predicted molar refractivity (Wildman–Crippen MR) is 94.4 cm³/mol. The molecule has 0 aliphatic heterocycles. The number of aryl methyl sites for hydroxylation is 1. The van der Waals surface area contributed by atoms with Crippen LogP contribution in [0.15, 0.2) is 42.6 Å². The van der Waals surface area contributed by atoms with E-state index in [1.807, 2.05) is 43.3 Å². The van der Waals surface area contributed by atoms with E-state index in [0.29, 0.717) is 5.11 Å². The van der Waals surface area contributed by atoms with Crippen molar-refractivity contribution in [2.45, 2.75) is 26.3 Å². The van der Waals surface area contributed by atoms with E-state index in [4.69, 9.17) is 17.0 Å². The van der Waals surface area contributed by atoms with Gasteiger partial charge in [0.15, 0.2) is 5.11 Å². The molecule has 0 bridgehead atoms. The first-order valence-corrected chi connectivity index (χ1v) is 7.67. The number of hydrogen-bond donors (Lipinski definition) is 2. The second-order valence-corrected chi connectivity index (χ2v) is 5.46. The molecule has 4 nitrogen and oxygen atoms in total. The van der Waals surface area contributed by atoms with Gasteiger partial charge in [0, 0.05) is 6.20 Å². The first-order valence-electron chi connectivity index (χ1n) is 7.26. The summed E-state index contributed by atoms with van der Waals surface area (Å²) in [4.78, 5) is 4.25. The number of methoxy groups -OCH3 is 1. The molecule has 1 unspecified atom stereocenters. The number of rotatable bonds is 5. The van der Waals surface area contributed by atoms with E-state index in [-0.39, 0.29) is 6.04 Å². The zero-order valence-corrected chi connectivity index (χ0v) is 13.9. The maximum Gasteiger partial charge on any atom is 0.172 e. The van der Waals surface area contributed by atoms with E-state index >= 15 is 0 Å². The lowest BCUT2D eigenvalue weighted by molar-refractivity contribution is 0.414. The second-order valence-electron chi connectivity index (χ2n) is 5.05. The van der Waals surface area contributed by atoms with Crippen molar-refractivity contribution in [1.29, 1.82) is 0 Å². The topological polar surface area (TPSA) is 46.2 Å². The van der Waals surface area contributed by atoms with E-state index in [0.717, 1.165) is 23.6 Å². The monoisotopic (exact) mass is 315 g/mol. The Bertz CT molecular complexity index is 628. The van der Waals surface area contributed by atoms with Gasteiger partial charge < -0.3 is 15.4 Å². The Balaban J connectivity index is 2.01. The molecule has 0 saturated carbocycles. The van der Waals surface area contributed by atoms with Gasteiger partial charge in [-0.3, -0.25) is 0 Å². The number of aromatic nitrogens is 1. The summed E-state index contributed by atoms with van der Waals surface area (Å²) >= 11 is 5.38. The lowest BCUT2D eigenvalue weighted by Crippen LogP contribution is -2.32. The third-order valence-corrected chi connectivity index (χ3v) is 3.61. The van der Waals surface area contributed by atoms with Gasteiger partial charge in [-0.1, -0.05) is 19.1 Å². The summed E-state index contributed by atoms with van der Waals surface area (Å²) in [7, 11) is 1.67. The number of pyridine rings is 1. The van der Waals surface area contributed by atoms with E-state index in [1.54, 1.807) is 13.3 Å². The Morgan fingerprint density at radius 2 is 2.00 bits per heavy atom. The van der Waals surface area contributed by atoms with Crippen molar-refractivity contribution in [3.05, 3.63) is 53.7 Å². The zero-order valence-electron chi connectivity index (χ0n) is 13.1. The number of benzene rings is 1. The number of hydrogen-bond acceptors (Lipinski definition) is 3. The summed E-state index contributed by atoms with van der Waals surface area (Å²) < 4.78 is 5.19. The highest BCUT2D eigenvalue weighted by Crippen LogP contribution is 2.20. The number of anilines is 1. The molecule has 1 heterocycles. The molecule has 1 atom stereocenters. The Morgan fingerprint density at radius 1 is 1.27 bits per heavy atom. The highest BCUT2D eigenvalue weighted by molar-refractivity contribution is 7.80. The molecule has 0 radical (unpaired) electrons. The fraction of sp³-hybridized carbons (Fsp3) is 0.294. The normalized spacial score (nSPS) is 11.6. The van der Waals surface area contributed by atoms with Crippen molar-refractivity contribution < 1.29 is 4.74 Å². The van der Waals surface area contributed by atoms with Gasteiger partial charge in [-0.05, 0) is 61.0 Å². The summed E-state index contributed by atoms with van der Waals surface area (Å²) in [6, 6.07) is 12.1. The Labute approximate surface area is 136 Å². The van der Waals surface area contributed by atoms with Crippen LogP contribution in [0, 0.1) is 6.92 Å². The van der Waals surface area contributed by atoms with Crippen molar-refractivity contribution in [2.24, 2.45) is 0 Å². The van der Waals surface area contributed by atoms with Crippen LogP contribution in [-0.4, -0.2) is 17.2 Å². The molecule has 0 spiro atoms. The van der Waals surface area contributed by atoms with Crippen LogP contribution < -0.4 is 15.4 Å². The van der Waals surface area contributed by atoms with Crippen LogP contribution in [0.1, 0.15) is 30.5 Å². The molecule has 0 aliphatic rings. The van der Waals surface area contributed by atoms with Crippen LogP contribution in [0.5, 0.6) is 5.75 Å². The third-order valence-electron chi connectivity index (χ3n) is 3.39. The summed E-state index contributed by atoms with van der Waals surface area (Å²) in [6.45, 7) is 4.14. The number of nitrogens with zero attached hydrogens (tertiary/aromatic N) is 1. The highest BCUT2D eigenvalue weighted by atomic mass is 32.1. The Morgan fingerprint density at radius 3 is 2.59 bits per heavy atom. The minimum Gasteiger partial charge on any atom is -0.497 e. The van der Waals surface area contributed by atoms with Crippen LogP contribution in [0.2, 0.25) is 0 Å². The van der Waals surface area contributed by atoms with Gasteiger partial charge in [0.1, 0.15) is 11.6 Å². The molecule has 0 amide bonds. The summed E-state index contributed by atoms with van der Waals surface area (Å²) in [5.41, 5.74) is 2.31. The van der Waals surface area contributed by atoms with Gasteiger partial charge in [0.25, 0.3) is 0 Å². The number of nitrogens with one attached hydrogen (secondary N) is 2. The first-order chi connectivity index (χ1) is 10.6. The summed E-state index contributed by atoms with van der Waals surface area (Å²) in [5.74, 6) is 1.60. The molecule has 1 aromatic heterocycles. The number of thiocarbonyl (C=S) groups is 1. The predicted octanol–water partition coefficient (Wildman–Crippen LogP) is 3.84. The Kier molecular flexibility index (Phi) is 5.72. The molecular formula is C17H21N3OS. The minimum atomic E-state index is 0.149. The van der Waals surface area contributed by atoms with Crippen molar-refractivity contribution in [2.75, 3.05) is 12.4 Å². The molecule has 2 rings (SSSR count). The lowest BCUT2D eigenvalue weighted by Gasteiger charge is -2.20. The lowest BCUT2D eigenvalue weighted by atomic mass is 10.0.